The number of ether oxygens (including phenoxy) is 1. The molecule has 0 bridgehead atoms. The normalized spacial score (nSPS) is 17.3. The minimum atomic E-state index is -0.166. The van der Waals surface area contributed by atoms with Crippen molar-refractivity contribution in [2.24, 2.45) is 7.05 Å². The van der Waals surface area contributed by atoms with Crippen LogP contribution in [0.1, 0.15) is 23.3 Å². The first-order valence-electron chi connectivity index (χ1n) is 8.09. The maximum Gasteiger partial charge on any atom is 0.280 e. The monoisotopic (exact) mass is 376 g/mol. The molecule has 0 saturated carbocycles. The van der Waals surface area contributed by atoms with Gasteiger partial charge in [-0.2, -0.15) is 5.10 Å². The number of amides is 1. The Morgan fingerprint density at radius 3 is 3.08 bits per heavy atom. The molecule has 0 N–H and O–H groups in total. The second-order valence-electron chi connectivity index (χ2n) is 6.03. The number of aryl methyl sites for hydroxylation is 1. The standard InChI is InChI=1S/C17H17ClN4O2S/c1-21-7-6-14(20-21)16(23)22(10-12-3-2-8-24-12)17-19-13-5-4-11(18)9-15(13)25-17/h4-7,9,12H,2-3,8,10H2,1H3. The molecule has 1 aliphatic rings. The van der Waals surface area contributed by atoms with Gasteiger partial charge >= 0.3 is 0 Å². The molecule has 3 aromatic rings. The molecule has 8 heteroatoms. The topological polar surface area (TPSA) is 60.2 Å². The third-order valence-electron chi connectivity index (χ3n) is 4.16. The number of benzene rings is 1. The molecule has 1 fully saturated rings. The van der Waals surface area contributed by atoms with Crippen molar-refractivity contribution in [2.45, 2.75) is 18.9 Å². The molecule has 4 rings (SSSR count). The minimum absolute atomic E-state index is 0.0308. The lowest BCUT2D eigenvalue weighted by molar-refractivity contribution is 0.0913. The van der Waals surface area contributed by atoms with Crippen LogP contribution in [0.15, 0.2) is 30.5 Å². The molecule has 0 spiro atoms. The Labute approximate surface area is 154 Å². The maximum atomic E-state index is 13.0. The predicted molar refractivity (Wildman–Crippen MR) is 98.5 cm³/mol. The molecule has 1 unspecified atom stereocenters. The molecule has 1 amide bonds. The van der Waals surface area contributed by atoms with E-state index in [0.29, 0.717) is 22.4 Å². The number of carbonyl (C=O) groups is 1. The number of thiazole rings is 1. The van der Waals surface area contributed by atoms with Crippen molar-refractivity contribution in [3.05, 3.63) is 41.2 Å². The molecule has 0 aliphatic carbocycles. The molecule has 1 aliphatic heterocycles. The van der Waals surface area contributed by atoms with Crippen LogP contribution in [0, 0.1) is 0 Å². The van der Waals surface area contributed by atoms with Gasteiger partial charge in [0.2, 0.25) is 0 Å². The van der Waals surface area contributed by atoms with Gasteiger partial charge in [-0.1, -0.05) is 22.9 Å². The summed E-state index contributed by atoms with van der Waals surface area (Å²) in [5, 5.41) is 5.54. The summed E-state index contributed by atoms with van der Waals surface area (Å²) in [6.07, 6.45) is 3.76. The third-order valence-corrected chi connectivity index (χ3v) is 5.43. The molecule has 0 radical (unpaired) electrons. The summed E-state index contributed by atoms with van der Waals surface area (Å²) in [4.78, 5) is 19.3. The van der Waals surface area contributed by atoms with E-state index < -0.39 is 0 Å². The van der Waals surface area contributed by atoms with Gasteiger partial charge in [0.1, 0.15) is 0 Å². The highest BCUT2D eigenvalue weighted by atomic mass is 35.5. The fourth-order valence-corrected chi connectivity index (χ4v) is 4.16. The average molecular weight is 377 g/mol. The Hall–Kier alpha value is -1.96. The second kappa shape index (κ2) is 6.74. The third kappa shape index (κ3) is 3.40. The van der Waals surface area contributed by atoms with Gasteiger partial charge in [-0.25, -0.2) is 4.98 Å². The van der Waals surface area contributed by atoms with E-state index in [2.05, 4.69) is 10.1 Å². The van der Waals surface area contributed by atoms with Crippen LogP contribution >= 0.6 is 22.9 Å². The van der Waals surface area contributed by atoms with Gasteiger partial charge in [0.25, 0.3) is 5.91 Å². The van der Waals surface area contributed by atoms with Gasteiger partial charge in [-0.15, -0.1) is 0 Å². The van der Waals surface area contributed by atoms with Gasteiger partial charge in [0.15, 0.2) is 10.8 Å². The van der Waals surface area contributed by atoms with E-state index >= 15 is 0 Å². The van der Waals surface area contributed by atoms with E-state index in [4.69, 9.17) is 16.3 Å². The van der Waals surface area contributed by atoms with Gasteiger partial charge in [0, 0.05) is 24.9 Å². The van der Waals surface area contributed by atoms with Gasteiger partial charge in [-0.05, 0) is 37.1 Å². The zero-order valence-corrected chi connectivity index (χ0v) is 15.3. The smallest absolute Gasteiger partial charge is 0.280 e. The Morgan fingerprint density at radius 2 is 2.36 bits per heavy atom. The van der Waals surface area contributed by atoms with E-state index in [0.717, 1.165) is 29.7 Å². The lowest BCUT2D eigenvalue weighted by Gasteiger charge is -2.22. The number of aromatic nitrogens is 3. The van der Waals surface area contributed by atoms with Crippen LogP contribution < -0.4 is 4.90 Å². The molecule has 1 atom stereocenters. The maximum absolute atomic E-state index is 13.0. The molecule has 130 valence electrons. The highest BCUT2D eigenvalue weighted by Gasteiger charge is 2.28. The molecule has 6 nitrogen and oxygen atoms in total. The summed E-state index contributed by atoms with van der Waals surface area (Å²) in [6.45, 7) is 1.22. The van der Waals surface area contributed by atoms with Gasteiger partial charge < -0.3 is 4.74 Å². The van der Waals surface area contributed by atoms with E-state index in [1.54, 1.807) is 35.0 Å². The summed E-state index contributed by atoms with van der Waals surface area (Å²) < 4.78 is 8.30. The first kappa shape index (κ1) is 16.5. The highest BCUT2D eigenvalue weighted by Crippen LogP contribution is 2.32. The number of nitrogens with zero attached hydrogens (tertiary/aromatic N) is 4. The van der Waals surface area contributed by atoms with E-state index in [-0.39, 0.29) is 12.0 Å². The fraction of sp³-hybridized carbons (Fsp3) is 0.353. The van der Waals surface area contributed by atoms with Crippen molar-refractivity contribution >= 4 is 44.2 Å². The van der Waals surface area contributed by atoms with Crippen LogP contribution in [0.5, 0.6) is 0 Å². The van der Waals surface area contributed by atoms with Crippen molar-refractivity contribution < 1.29 is 9.53 Å². The Kier molecular flexibility index (Phi) is 4.45. The number of anilines is 1. The molecule has 2 aromatic heterocycles. The number of hydrogen-bond acceptors (Lipinski definition) is 5. The van der Waals surface area contributed by atoms with Gasteiger partial charge in [-0.3, -0.25) is 14.4 Å². The second-order valence-corrected chi connectivity index (χ2v) is 7.48. The number of halogens is 1. The van der Waals surface area contributed by atoms with Crippen LogP contribution in [0.4, 0.5) is 5.13 Å². The van der Waals surface area contributed by atoms with Crippen molar-refractivity contribution in [2.75, 3.05) is 18.1 Å². The van der Waals surface area contributed by atoms with Gasteiger partial charge in [0.05, 0.1) is 22.9 Å². The summed E-state index contributed by atoms with van der Waals surface area (Å²) in [6, 6.07) is 7.26. The highest BCUT2D eigenvalue weighted by molar-refractivity contribution is 7.22. The molecule has 1 saturated heterocycles. The van der Waals surface area contributed by atoms with Crippen molar-refractivity contribution in [1.82, 2.24) is 14.8 Å². The number of fused-ring (bicyclic) bond motifs is 1. The summed E-state index contributed by atoms with van der Waals surface area (Å²) in [7, 11) is 1.79. The van der Waals surface area contributed by atoms with Crippen LogP contribution in [0.3, 0.4) is 0 Å². The molecule has 1 aromatic carbocycles. The SMILES string of the molecule is Cn1ccc(C(=O)N(CC2CCCO2)c2nc3ccc(Cl)cc3s2)n1. The lowest BCUT2D eigenvalue weighted by atomic mass is 10.2. The molecular weight excluding hydrogens is 360 g/mol. The molecule has 3 heterocycles. The minimum Gasteiger partial charge on any atom is -0.376 e. The fourth-order valence-electron chi connectivity index (χ4n) is 2.91. The van der Waals surface area contributed by atoms with Crippen molar-refractivity contribution in [3.63, 3.8) is 0 Å². The Morgan fingerprint density at radius 1 is 1.48 bits per heavy atom. The Balaban J connectivity index is 1.70. The van der Waals surface area contributed by atoms with Crippen LogP contribution in [-0.4, -0.2) is 39.9 Å². The van der Waals surface area contributed by atoms with Crippen molar-refractivity contribution in [1.29, 1.82) is 0 Å². The zero-order chi connectivity index (χ0) is 17.4. The lowest BCUT2D eigenvalue weighted by Crippen LogP contribution is -2.37. The number of hydrogen-bond donors (Lipinski definition) is 0. The average Bonchev–Trinajstić information content (AvgIpc) is 3.31. The number of rotatable bonds is 4. The predicted octanol–water partition coefficient (Wildman–Crippen LogP) is 3.51. The quantitative estimate of drug-likeness (QED) is 0.699. The van der Waals surface area contributed by atoms with E-state index in [1.165, 1.54) is 11.3 Å². The zero-order valence-electron chi connectivity index (χ0n) is 13.7. The Bertz CT molecular complexity index is 916. The molecular formula is C17H17ClN4O2S. The first-order valence-corrected chi connectivity index (χ1v) is 9.29. The summed E-state index contributed by atoms with van der Waals surface area (Å²) in [5.74, 6) is -0.166. The van der Waals surface area contributed by atoms with Crippen LogP contribution in [0.25, 0.3) is 10.2 Å². The number of carbonyl (C=O) groups excluding carboxylic acids is 1. The first-order chi connectivity index (χ1) is 12.1. The van der Waals surface area contributed by atoms with E-state index in [1.807, 2.05) is 12.1 Å². The summed E-state index contributed by atoms with van der Waals surface area (Å²) >= 11 is 7.52. The van der Waals surface area contributed by atoms with Crippen LogP contribution in [0.2, 0.25) is 5.02 Å². The van der Waals surface area contributed by atoms with Crippen molar-refractivity contribution in [3.8, 4) is 0 Å². The summed E-state index contributed by atoms with van der Waals surface area (Å²) in [5.41, 5.74) is 1.23. The van der Waals surface area contributed by atoms with Crippen LogP contribution in [-0.2, 0) is 11.8 Å². The molecule has 25 heavy (non-hydrogen) atoms. The van der Waals surface area contributed by atoms with E-state index in [9.17, 15) is 4.79 Å². The largest absolute Gasteiger partial charge is 0.376 e.